The van der Waals surface area contributed by atoms with Crippen LogP contribution in [0.1, 0.15) is 54.1 Å². The van der Waals surface area contributed by atoms with Gasteiger partial charge in [-0.15, -0.1) is 23.2 Å². The summed E-state index contributed by atoms with van der Waals surface area (Å²) in [5, 5.41) is 19.2. The maximum atomic E-state index is 12.1. The molecular formula is C22H25NO4S. The number of carboxylic acids is 1. The van der Waals surface area contributed by atoms with Crippen molar-refractivity contribution in [2.75, 3.05) is 6.54 Å². The molecule has 1 saturated heterocycles. The van der Waals surface area contributed by atoms with Crippen LogP contribution in [0.3, 0.4) is 0 Å². The largest absolute Gasteiger partial charge is 0.477 e. The van der Waals surface area contributed by atoms with Gasteiger partial charge in [0.05, 0.1) is 23.6 Å². The summed E-state index contributed by atoms with van der Waals surface area (Å²) in [6.45, 7) is 4.22. The summed E-state index contributed by atoms with van der Waals surface area (Å²) in [7, 11) is 0. The summed E-state index contributed by atoms with van der Waals surface area (Å²) in [5.41, 5.74) is 0. The molecule has 0 saturated carbocycles. The van der Waals surface area contributed by atoms with E-state index in [2.05, 4.69) is 23.7 Å². The first-order chi connectivity index (χ1) is 13.4. The summed E-state index contributed by atoms with van der Waals surface area (Å²) < 4.78 is 0. The van der Waals surface area contributed by atoms with E-state index >= 15 is 0 Å². The van der Waals surface area contributed by atoms with E-state index in [9.17, 15) is 14.7 Å². The third-order valence-electron chi connectivity index (χ3n) is 4.49. The van der Waals surface area contributed by atoms with Gasteiger partial charge in [0.2, 0.25) is 5.91 Å². The van der Waals surface area contributed by atoms with Gasteiger partial charge in [0.25, 0.3) is 0 Å². The van der Waals surface area contributed by atoms with Crippen LogP contribution in [0.2, 0.25) is 0 Å². The van der Waals surface area contributed by atoms with Gasteiger partial charge in [-0.1, -0.05) is 37.8 Å². The average molecular weight is 400 g/mol. The van der Waals surface area contributed by atoms with Gasteiger partial charge >= 0.3 is 5.97 Å². The number of nitrogens with zero attached hydrogens (tertiary/aromatic N) is 1. The standard InChI is InChI=1S/C22H25NO4S/c1-3-4-5-7-16(2)19(24)12-9-17-10-14-21(25)23(17)15-6-8-18-11-13-20(28-18)22(26)27/h9,11-13,16-17,19,24H,3,7,10,14-15H2,1-2H3,(H,26,27)/t16-,17?,19+/m0/s1. The van der Waals surface area contributed by atoms with Crippen LogP contribution in [0.15, 0.2) is 24.3 Å². The van der Waals surface area contributed by atoms with Gasteiger partial charge in [-0.05, 0) is 24.5 Å². The third-order valence-corrected chi connectivity index (χ3v) is 5.48. The Balaban J connectivity index is 1.95. The maximum absolute atomic E-state index is 12.1. The van der Waals surface area contributed by atoms with Crippen LogP contribution in [0, 0.1) is 29.6 Å². The van der Waals surface area contributed by atoms with Crippen molar-refractivity contribution in [3.05, 3.63) is 34.0 Å². The van der Waals surface area contributed by atoms with Gasteiger partial charge in [-0.2, -0.15) is 0 Å². The number of carboxylic acid groups (broad SMARTS) is 1. The van der Waals surface area contributed by atoms with E-state index in [1.165, 1.54) is 6.07 Å². The highest BCUT2D eigenvalue weighted by molar-refractivity contribution is 7.14. The lowest BCUT2D eigenvalue weighted by Crippen LogP contribution is -2.32. The topological polar surface area (TPSA) is 77.8 Å². The molecule has 1 aliphatic rings. The Morgan fingerprint density at radius 1 is 1.39 bits per heavy atom. The molecule has 2 heterocycles. The molecular weight excluding hydrogens is 374 g/mol. The summed E-state index contributed by atoms with van der Waals surface area (Å²) in [6.07, 6.45) is 5.65. The van der Waals surface area contributed by atoms with E-state index in [-0.39, 0.29) is 29.3 Å². The van der Waals surface area contributed by atoms with Crippen LogP contribution >= 0.6 is 11.3 Å². The molecule has 1 fully saturated rings. The Labute approximate surface area is 170 Å². The molecule has 3 atom stereocenters. The molecule has 0 radical (unpaired) electrons. The van der Waals surface area contributed by atoms with Gasteiger partial charge in [0.1, 0.15) is 4.88 Å². The van der Waals surface area contributed by atoms with Crippen LogP contribution in [0.4, 0.5) is 0 Å². The predicted octanol–water partition coefficient (Wildman–Crippen LogP) is 3.15. The van der Waals surface area contributed by atoms with E-state index in [0.29, 0.717) is 24.1 Å². The van der Waals surface area contributed by atoms with Crippen molar-refractivity contribution in [1.82, 2.24) is 4.90 Å². The number of aliphatic hydroxyl groups is 1. The first-order valence-corrected chi connectivity index (χ1v) is 10.2. The molecule has 0 bridgehead atoms. The molecule has 1 aromatic heterocycles. The number of rotatable bonds is 6. The monoisotopic (exact) mass is 399 g/mol. The van der Waals surface area contributed by atoms with E-state index < -0.39 is 12.1 Å². The molecule has 1 aromatic rings. The zero-order valence-corrected chi connectivity index (χ0v) is 17.0. The number of aromatic carboxylic acids is 1. The Kier molecular flexibility index (Phi) is 8.32. The number of amides is 1. The number of carbonyl (C=O) groups is 2. The smallest absolute Gasteiger partial charge is 0.345 e. The highest BCUT2D eigenvalue weighted by Crippen LogP contribution is 2.21. The number of thiophene rings is 1. The normalized spacial score (nSPS) is 18.3. The van der Waals surface area contributed by atoms with Gasteiger partial charge in [0.15, 0.2) is 0 Å². The summed E-state index contributed by atoms with van der Waals surface area (Å²) in [5.74, 6) is 11.0. The second-order valence-electron chi connectivity index (χ2n) is 6.66. The number of aliphatic hydroxyl groups excluding tert-OH is 1. The zero-order valence-electron chi connectivity index (χ0n) is 16.1. The van der Waals surface area contributed by atoms with Crippen LogP contribution < -0.4 is 0 Å². The maximum Gasteiger partial charge on any atom is 0.345 e. The lowest BCUT2D eigenvalue weighted by molar-refractivity contribution is -0.127. The van der Waals surface area contributed by atoms with Crippen LogP contribution in [-0.2, 0) is 4.79 Å². The molecule has 1 unspecified atom stereocenters. The molecule has 28 heavy (non-hydrogen) atoms. The second-order valence-corrected chi connectivity index (χ2v) is 7.75. The fourth-order valence-electron chi connectivity index (χ4n) is 2.80. The van der Waals surface area contributed by atoms with Crippen molar-refractivity contribution in [3.8, 4) is 23.7 Å². The van der Waals surface area contributed by atoms with Crippen molar-refractivity contribution in [1.29, 1.82) is 0 Å². The highest BCUT2D eigenvalue weighted by atomic mass is 32.1. The SMILES string of the molecule is CCC#CC[C@H](C)[C@H](O)C=CC1CCC(=O)N1CC#Cc1ccc(C(=O)O)s1. The zero-order chi connectivity index (χ0) is 20.5. The van der Waals surface area contributed by atoms with Gasteiger partial charge < -0.3 is 15.1 Å². The fraction of sp³-hybridized carbons (Fsp3) is 0.455. The highest BCUT2D eigenvalue weighted by Gasteiger charge is 2.28. The Hall–Kier alpha value is -2.54. The quantitative estimate of drug-likeness (QED) is 0.569. The number of carbonyl (C=O) groups excluding carboxylic acids is 1. The molecule has 5 nitrogen and oxygen atoms in total. The van der Waals surface area contributed by atoms with Gasteiger partial charge in [0, 0.05) is 19.3 Å². The lowest BCUT2D eigenvalue weighted by atomic mass is 10.00. The van der Waals surface area contributed by atoms with Crippen molar-refractivity contribution in [3.63, 3.8) is 0 Å². The third kappa shape index (κ3) is 6.27. The van der Waals surface area contributed by atoms with Crippen LogP contribution in [0.5, 0.6) is 0 Å². The van der Waals surface area contributed by atoms with Crippen molar-refractivity contribution in [2.45, 2.75) is 51.7 Å². The average Bonchev–Trinajstić information content (AvgIpc) is 3.27. The number of likely N-dealkylation sites (tertiary alicyclic amines) is 1. The molecule has 2 rings (SSSR count). The minimum Gasteiger partial charge on any atom is -0.477 e. The fourth-order valence-corrected chi connectivity index (χ4v) is 3.52. The van der Waals surface area contributed by atoms with Crippen molar-refractivity contribution in [2.24, 2.45) is 5.92 Å². The molecule has 2 N–H and O–H groups in total. The molecule has 148 valence electrons. The number of hydrogen-bond donors (Lipinski definition) is 2. The first-order valence-electron chi connectivity index (χ1n) is 9.36. The molecule has 6 heteroatoms. The van der Waals surface area contributed by atoms with Crippen LogP contribution in [0.25, 0.3) is 0 Å². The lowest BCUT2D eigenvalue weighted by Gasteiger charge is -2.20. The molecule has 0 aromatic carbocycles. The second kappa shape index (κ2) is 10.7. The van der Waals surface area contributed by atoms with Crippen LogP contribution in [-0.4, -0.2) is 45.7 Å². The predicted molar refractivity (Wildman–Crippen MR) is 110 cm³/mol. The molecule has 1 amide bonds. The summed E-state index contributed by atoms with van der Waals surface area (Å²) >= 11 is 1.12. The summed E-state index contributed by atoms with van der Waals surface area (Å²) in [6, 6.07) is 3.11. The molecule has 1 aliphatic heterocycles. The molecule has 0 spiro atoms. The summed E-state index contributed by atoms with van der Waals surface area (Å²) in [4.78, 5) is 25.7. The number of hydrogen-bond acceptors (Lipinski definition) is 4. The minimum atomic E-state index is -0.966. The van der Waals surface area contributed by atoms with Gasteiger partial charge in [-0.25, -0.2) is 4.79 Å². The van der Waals surface area contributed by atoms with Crippen molar-refractivity contribution < 1.29 is 19.8 Å². The van der Waals surface area contributed by atoms with E-state index in [4.69, 9.17) is 5.11 Å². The Morgan fingerprint density at radius 2 is 2.18 bits per heavy atom. The van der Waals surface area contributed by atoms with Crippen molar-refractivity contribution >= 4 is 23.2 Å². The minimum absolute atomic E-state index is 0.0305. The van der Waals surface area contributed by atoms with Gasteiger partial charge in [-0.3, -0.25) is 4.79 Å². The van der Waals surface area contributed by atoms with E-state index in [0.717, 1.165) is 17.8 Å². The van der Waals surface area contributed by atoms with E-state index in [1.54, 1.807) is 17.0 Å². The Bertz CT molecular complexity index is 849. The first kappa shape index (κ1) is 21.8. The Morgan fingerprint density at radius 3 is 2.86 bits per heavy atom. The van der Waals surface area contributed by atoms with E-state index in [1.807, 2.05) is 19.9 Å². The molecule has 0 aliphatic carbocycles.